The first kappa shape index (κ1) is 23.4. The first-order chi connectivity index (χ1) is 13.0. The summed E-state index contributed by atoms with van der Waals surface area (Å²) >= 11 is 7.48. The first-order valence-electron chi connectivity index (χ1n) is 9.11. The van der Waals surface area contributed by atoms with E-state index in [1.165, 1.54) is 11.8 Å². The molecule has 0 radical (unpaired) electrons. The predicted molar refractivity (Wildman–Crippen MR) is 110 cm³/mol. The zero-order valence-corrected chi connectivity index (χ0v) is 18.2. The summed E-state index contributed by atoms with van der Waals surface area (Å²) in [4.78, 5) is 16.9. The van der Waals surface area contributed by atoms with E-state index in [4.69, 9.17) is 16.3 Å². The van der Waals surface area contributed by atoms with E-state index in [2.05, 4.69) is 10.3 Å². The van der Waals surface area contributed by atoms with Crippen molar-refractivity contribution in [1.29, 1.82) is 0 Å². The van der Waals surface area contributed by atoms with Crippen molar-refractivity contribution in [2.45, 2.75) is 74.4 Å². The number of carbonyl (C=O) groups is 1. The molecule has 158 valence electrons. The molecule has 2 rings (SSSR count). The van der Waals surface area contributed by atoms with Crippen molar-refractivity contribution in [2.75, 3.05) is 6.26 Å². The second kappa shape index (κ2) is 9.28. The standard InChI is InChI=1S/C19H29ClN2O5S/c1-9(20)12(16-14(24)13(23)15(25)18(27-16)28-5)22-17(26)11-8-10(6-7-21-11)19(2,3)4/h6-9,12-16,18,23-25H,1-5H3,(H,22,26). The van der Waals surface area contributed by atoms with Crippen molar-refractivity contribution in [3.05, 3.63) is 29.6 Å². The van der Waals surface area contributed by atoms with Crippen LogP contribution in [0, 0.1) is 0 Å². The average molecular weight is 433 g/mol. The lowest BCUT2D eigenvalue weighted by atomic mass is 9.87. The molecule has 7 atom stereocenters. The molecule has 4 N–H and O–H groups in total. The molecule has 1 saturated heterocycles. The van der Waals surface area contributed by atoms with Crippen LogP contribution < -0.4 is 5.32 Å². The van der Waals surface area contributed by atoms with Crippen LogP contribution in [0.25, 0.3) is 0 Å². The number of aliphatic hydroxyl groups excluding tert-OH is 3. The van der Waals surface area contributed by atoms with E-state index >= 15 is 0 Å². The van der Waals surface area contributed by atoms with Crippen LogP contribution in [0.4, 0.5) is 0 Å². The van der Waals surface area contributed by atoms with E-state index in [0.717, 1.165) is 5.56 Å². The van der Waals surface area contributed by atoms with E-state index in [1.54, 1.807) is 25.4 Å². The SMILES string of the molecule is CSC1OC(C(NC(=O)c2cc(C(C)(C)C)ccn2)C(C)Cl)C(O)C(O)C1O. The number of hydrogen-bond acceptors (Lipinski definition) is 7. The maximum Gasteiger partial charge on any atom is 0.270 e. The Morgan fingerprint density at radius 2 is 1.93 bits per heavy atom. The molecule has 1 fully saturated rings. The summed E-state index contributed by atoms with van der Waals surface area (Å²) in [6, 6.07) is 2.76. The van der Waals surface area contributed by atoms with E-state index in [1.807, 2.05) is 26.8 Å². The summed E-state index contributed by atoms with van der Waals surface area (Å²) < 4.78 is 5.75. The Kier molecular flexibility index (Phi) is 7.75. The predicted octanol–water partition coefficient (Wildman–Crippen LogP) is 1.28. The molecule has 9 heteroatoms. The lowest BCUT2D eigenvalue weighted by Crippen LogP contribution is -2.64. The molecular formula is C19H29ClN2O5S. The molecule has 0 aromatic carbocycles. The van der Waals surface area contributed by atoms with Crippen LogP contribution in [0.5, 0.6) is 0 Å². The molecule has 1 amide bonds. The van der Waals surface area contributed by atoms with Gasteiger partial charge in [0.1, 0.15) is 35.5 Å². The molecule has 7 nitrogen and oxygen atoms in total. The molecule has 2 heterocycles. The smallest absolute Gasteiger partial charge is 0.270 e. The number of pyridine rings is 1. The van der Waals surface area contributed by atoms with Gasteiger partial charge in [-0.1, -0.05) is 20.8 Å². The highest BCUT2D eigenvalue weighted by molar-refractivity contribution is 7.99. The second-order valence-electron chi connectivity index (χ2n) is 8.03. The van der Waals surface area contributed by atoms with Crippen LogP contribution in [0.3, 0.4) is 0 Å². The summed E-state index contributed by atoms with van der Waals surface area (Å²) in [5.41, 5.74) is 0.284. The fourth-order valence-electron chi connectivity index (χ4n) is 3.07. The van der Waals surface area contributed by atoms with Crippen molar-refractivity contribution >= 4 is 29.3 Å². The van der Waals surface area contributed by atoms with Gasteiger partial charge in [-0.3, -0.25) is 9.78 Å². The Bertz CT molecular complexity index is 683. The minimum atomic E-state index is -1.41. The minimum absolute atomic E-state index is 0.147. The van der Waals surface area contributed by atoms with Gasteiger partial charge in [-0.15, -0.1) is 23.4 Å². The van der Waals surface area contributed by atoms with Gasteiger partial charge in [-0.25, -0.2) is 0 Å². The van der Waals surface area contributed by atoms with Gasteiger partial charge in [-0.2, -0.15) is 0 Å². The Morgan fingerprint density at radius 3 is 2.46 bits per heavy atom. The minimum Gasteiger partial charge on any atom is -0.388 e. The first-order valence-corrected chi connectivity index (χ1v) is 10.8. The van der Waals surface area contributed by atoms with Gasteiger partial charge in [0.05, 0.1) is 11.4 Å². The number of alkyl halides is 1. The van der Waals surface area contributed by atoms with Crippen molar-refractivity contribution in [3.63, 3.8) is 0 Å². The van der Waals surface area contributed by atoms with Crippen LogP contribution in [-0.4, -0.2) is 73.7 Å². The number of thioether (sulfide) groups is 1. The number of halogens is 1. The molecule has 1 aliphatic heterocycles. The average Bonchev–Trinajstić information content (AvgIpc) is 2.64. The van der Waals surface area contributed by atoms with Crippen LogP contribution >= 0.6 is 23.4 Å². The molecule has 0 spiro atoms. The Hall–Kier alpha value is -0.900. The van der Waals surface area contributed by atoms with Crippen LogP contribution in [0.2, 0.25) is 0 Å². The summed E-state index contributed by atoms with van der Waals surface area (Å²) in [6.07, 6.45) is -1.75. The molecule has 28 heavy (non-hydrogen) atoms. The topological polar surface area (TPSA) is 112 Å². The van der Waals surface area contributed by atoms with E-state index < -0.39 is 47.2 Å². The number of nitrogens with zero attached hydrogens (tertiary/aromatic N) is 1. The van der Waals surface area contributed by atoms with Crippen molar-refractivity contribution in [3.8, 4) is 0 Å². The van der Waals surface area contributed by atoms with Gasteiger partial charge < -0.3 is 25.4 Å². The second-order valence-corrected chi connectivity index (χ2v) is 9.66. The molecular weight excluding hydrogens is 404 g/mol. The Morgan fingerprint density at radius 1 is 1.29 bits per heavy atom. The third-order valence-corrected chi connectivity index (χ3v) is 5.97. The third kappa shape index (κ3) is 5.17. The molecule has 0 bridgehead atoms. The summed E-state index contributed by atoms with van der Waals surface area (Å²) in [5, 5.41) is 32.8. The van der Waals surface area contributed by atoms with Crippen molar-refractivity contribution < 1.29 is 24.9 Å². The van der Waals surface area contributed by atoms with Crippen LogP contribution in [-0.2, 0) is 10.2 Å². The number of nitrogens with one attached hydrogen (secondary N) is 1. The Balaban J connectivity index is 2.24. The van der Waals surface area contributed by atoms with Gasteiger partial charge in [0.25, 0.3) is 5.91 Å². The molecule has 7 unspecified atom stereocenters. The molecule has 1 aromatic heterocycles. The van der Waals surface area contributed by atoms with Gasteiger partial charge in [0.2, 0.25) is 0 Å². The highest BCUT2D eigenvalue weighted by atomic mass is 35.5. The number of ether oxygens (including phenoxy) is 1. The summed E-state index contributed by atoms with van der Waals surface area (Å²) in [7, 11) is 0. The number of carbonyl (C=O) groups excluding carboxylic acids is 1. The van der Waals surface area contributed by atoms with Crippen molar-refractivity contribution in [1.82, 2.24) is 10.3 Å². The number of aromatic nitrogens is 1. The van der Waals surface area contributed by atoms with Crippen LogP contribution in [0.15, 0.2) is 18.3 Å². The van der Waals surface area contributed by atoms with E-state index in [0.29, 0.717) is 0 Å². The summed E-state index contributed by atoms with van der Waals surface area (Å²) in [6.45, 7) is 7.77. The fourth-order valence-corrected chi connectivity index (χ4v) is 3.96. The van der Waals surface area contributed by atoms with Gasteiger partial charge >= 0.3 is 0 Å². The monoisotopic (exact) mass is 432 g/mol. The fraction of sp³-hybridized carbons (Fsp3) is 0.684. The largest absolute Gasteiger partial charge is 0.388 e. The Labute approximate surface area is 174 Å². The molecule has 0 aliphatic carbocycles. The lowest BCUT2D eigenvalue weighted by Gasteiger charge is -2.43. The quantitative estimate of drug-likeness (QED) is 0.518. The van der Waals surface area contributed by atoms with Gasteiger partial charge in [-0.05, 0) is 36.3 Å². The zero-order valence-electron chi connectivity index (χ0n) is 16.7. The highest BCUT2D eigenvalue weighted by Gasteiger charge is 2.47. The van der Waals surface area contributed by atoms with Gasteiger partial charge in [0.15, 0.2) is 0 Å². The van der Waals surface area contributed by atoms with Crippen LogP contribution in [0.1, 0.15) is 43.7 Å². The maximum atomic E-state index is 12.8. The van der Waals surface area contributed by atoms with Gasteiger partial charge in [0, 0.05) is 6.20 Å². The number of rotatable bonds is 5. The van der Waals surface area contributed by atoms with E-state index in [-0.39, 0.29) is 11.1 Å². The molecule has 1 aliphatic rings. The van der Waals surface area contributed by atoms with E-state index in [9.17, 15) is 20.1 Å². The zero-order chi connectivity index (χ0) is 21.2. The number of aliphatic hydroxyl groups is 3. The maximum absolute atomic E-state index is 12.8. The molecule has 1 aromatic rings. The van der Waals surface area contributed by atoms with Crippen molar-refractivity contribution in [2.24, 2.45) is 0 Å². The highest BCUT2D eigenvalue weighted by Crippen LogP contribution is 2.30. The summed E-state index contributed by atoms with van der Waals surface area (Å²) in [5.74, 6) is -0.458. The lowest BCUT2D eigenvalue weighted by molar-refractivity contribution is -0.204. The number of amides is 1. The third-order valence-electron chi connectivity index (χ3n) is 4.84. The normalized spacial score (nSPS) is 30.5. The number of hydrogen-bond donors (Lipinski definition) is 4. The molecule has 0 saturated carbocycles.